The van der Waals surface area contributed by atoms with E-state index in [-0.39, 0.29) is 12.5 Å². The Morgan fingerprint density at radius 3 is 2.79 bits per heavy atom. The van der Waals surface area contributed by atoms with Crippen LogP contribution in [0.15, 0.2) is 34.7 Å². The molecule has 2 aromatic rings. The number of hydrogen-bond acceptors (Lipinski definition) is 4. The molecule has 1 aliphatic heterocycles. The molecule has 126 valence electrons. The third kappa shape index (κ3) is 2.73. The molecule has 1 amide bonds. The average Bonchev–Trinajstić information content (AvgIpc) is 2.97. The van der Waals surface area contributed by atoms with E-state index in [4.69, 9.17) is 4.42 Å². The lowest BCUT2D eigenvalue weighted by Crippen LogP contribution is -2.39. The van der Waals surface area contributed by atoms with E-state index in [0.29, 0.717) is 25.4 Å². The number of aliphatic hydroxyl groups is 1. The van der Waals surface area contributed by atoms with E-state index in [0.717, 1.165) is 35.7 Å². The van der Waals surface area contributed by atoms with Crippen LogP contribution in [0.25, 0.3) is 0 Å². The fraction of sp³-hybridized carbons (Fsp3) is 0.474. The van der Waals surface area contributed by atoms with Gasteiger partial charge in [-0.05, 0) is 18.4 Å². The summed E-state index contributed by atoms with van der Waals surface area (Å²) in [6, 6.07) is 9.47. The fourth-order valence-corrected chi connectivity index (χ4v) is 3.47. The highest BCUT2D eigenvalue weighted by Gasteiger charge is 2.32. The maximum Gasteiger partial charge on any atom is 0.232 e. The molecule has 24 heavy (non-hydrogen) atoms. The van der Waals surface area contributed by atoms with Crippen LogP contribution in [0.5, 0.6) is 0 Å². The van der Waals surface area contributed by atoms with Gasteiger partial charge in [0, 0.05) is 18.9 Å². The van der Waals surface area contributed by atoms with Gasteiger partial charge in [-0.1, -0.05) is 36.8 Å². The van der Waals surface area contributed by atoms with Crippen LogP contribution in [0, 0.1) is 0 Å². The largest absolute Gasteiger partial charge is 0.445 e. The molecule has 0 spiro atoms. The first-order chi connectivity index (χ1) is 11.8. The second-order valence-corrected chi connectivity index (χ2v) is 6.71. The molecule has 5 heteroatoms. The van der Waals surface area contributed by atoms with Crippen LogP contribution >= 0.6 is 0 Å². The first-order valence-electron chi connectivity index (χ1n) is 8.69. The van der Waals surface area contributed by atoms with Gasteiger partial charge in [-0.3, -0.25) is 4.79 Å². The van der Waals surface area contributed by atoms with E-state index in [2.05, 4.69) is 4.98 Å². The minimum atomic E-state index is -0.509. The van der Waals surface area contributed by atoms with Crippen LogP contribution in [0.1, 0.15) is 54.0 Å². The summed E-state index contributed by atoms with van der Waals surface area (Å²) in [6.07, 6.45) is 4.26. The minimum absolute atomic E-state index is 0.0393. The molecule has 1 N–H and O–H groups in total. The highest BCUT2D eigenvalue weighted by atomic mass is 16.4. The van der Waals surface area contributed by atoms with Crippen molar-refractivity contribution >= 4 is 5.91 Å². The van der Waals surface area contributed by atoms with Gasteiger partial charge in [0.2, 0.25) is 5.91 Å². The van der Waals surface area contributed by atoms with Crippen molar-refractivity contribution in [2.45, 2.75) is 44.1 Å². The molecule has 1 saturated carbocycles. The molecule has 5 nitrogen and oxygen atoms in total. The molecule has 0 radical (unpaired) electrons. The second-order valence-electron chi connectivity index (χ2n) is 6.71. The summed E-state index contributed by atoms with van der Waals surface area (Å²) in [6.45, 7) is 0.917. The van der Waals surface area contributed by atoms with Crippen LogP contribution in [0.4, 0.5) is 0 Å². The topological polar surface area (TPSA) is 66.6 Å². The molecule has 1 aromatic heterocycles. The Labute approximate surface area is 141 Å². The summed E-state index contributed by atoms with van der Waals surface area (Å²) in [5.74, 6) is 1.70. The zero-order valence-corrected chi connectivity index (χ0v) is 13.6. The van der Waals surface area contributed by atoms with Crippen LogP contribution in [-0.4, -0.2) is 34.0 Å². The molecule has 0 saturated heterocycles. The van der Waals surface area contributed by atoms with E-state index in [1.807, 2.05) is 30.3 Å². The van der Waals surface area contributed by atoms with Gasteiger partial charge < -0.3 is 14.4 Å². The van der Waals surface area contributed by atoms with Gasteiger partial charge in [0.15, 0.2) is 5.89 Å². The van der Waals surface area contributed by atoms with E-state index < -0.39 is 5.92 Å². The van der Waals surface area contributed by atoms with Gasteiger partial charge in [0.25, 0.3) is 0 Å². The SMILES string of the molecule is O=C(C(CO)c1ccccc1)N1CCc2oc(C3CCC3)nc2C1. The van der Waals surface area contributed by atoms with Crippen LogP contribution in [-0.2, 0) is 17.8 Å². The quantitative estimate of drug-likeness (QED) is 0.938. The Bertz CT molecular complexity index is 721. The summed E-state index contributed by atoms with van der Waals surface area (Å²) in [7, 11) is 0. The zero-order valence-electron chi connectivity index (χ0n) is 13.6. The summed E-state index contributed by atoms with van der Waals surface area (Å²) in [4.78, 5) is 19.3. The molecule has 1 aliphatic carbocycles. The first kappa shape index (κ1) is 15.4. The second kappa shape index (κ2) is 6.40. The Kier molecular flexibility index (Phi) is 4.10. The molecule has 1 fully saturated rings. The van der Waals surface area contributed by atoms with Crippen molar-refractivity contribution in [1.29, 1.82) is 0 Å². The number of hydrogen-bond donors (Lipinski definition) is 1. The van der Waals surface area contributed by atoms with E-state index in [1.165, 1.54) is 6.42 Å². The number of carbonyl (C=O) groups is 1. The number of rotatable bonds is 4. The van der Waals surface area contributed by atoms with Crippen molar-refractivity contribution in [2.24, 2.45) is 0 Å². The smallest absolute Gasteiger partial charge is 0.232 e. The molecule has 0 bridgehead atoms. The number of amides is 1. The van der Waals surface area contributed by atoms with Crippen molar-refractivity contribution in [3.63, 3.8) is 0 Å². The van der Waals surface area contributed by atoms with Crippen molar-refractivity contribution < 1.29 is 14.3 Å². The Morgan fingerprint density at radius 1 is 1.33 bits per heavy atom. The summed E-state index contributed by atoms with van der Waals surface area (Å²) in [5.41, 5.74) is 1.74. The highest BCUT2D eigenvalue weighted by molar-refractivity contribution is 5.84. The lowest BCUT2D eigenvalue weighted by atomic mass is 9.85. The molecule has 1 aromatic carbocycles. The molecule has 1 unspecified atom stereocenters. The highest BCUT2D eigenvalue weighted by Crippen LogP contribution is 2.37. The predicted octanol–water partition coefficient (Wildman–Crippen LogP) is 2.60. The van der Waals surface area contributed by atoms with Gasteiger partial charge in [-0.25, -0.2) is 4.98 Å². The molecule has 4 rings (SSSR count). The minimum Gasteiger partial charge on any atom is -0.445 e. The third-order valence-corrected chi connectivity index (χ3v) is 5.19. The summed E-state index contributed by atoms with van der Waals surface area (Å²) >= 11 is 0. The normalized spacial score (nSPS) is 18.8. The van der Waals surface area contributed by atoms with Crippen molar-refractivity contribution in [3.8, 4) is 0 Å². The lowest BCUT2D eigenvalue weighted by molar-refractivity contribution is -0.134. The Balaban J connectivity index is 1.51. The maximum absolute atomic E-state index is 12.9. The Morgan fingerprint density at radius 2 is 2.12 bits per heavy atom. The lowest BCUT2D eigenvalue weighted by Gasteiger charge is -2.28. The van der Waals surface area contributed by atoms with Gasteiger partial charge in [-0.15, -0.1) is 0 Å². The molecular formula is C19H22N2O3. The number of aliphatic hydroxyl groups excluding tert-OH is 1. The maximum atomic E-state index is 12.9. The van der Waals surface area contributed by atoms with Crippen molar-refractivity contribution in [1.82, 2.24) is 9.88 Å². The summed E-state index contributed by atoms with van der Waals surface area (Å²) in [5, 5.41) is 9.71. The van der Waals surface area contributed by atoms with E-state index in [1.54, 1.807) is 4.90 Å². The average molecular weight is 326 g/mol. The molecular weight excluding hydrogens is 304 g/mol. The Hall–Kier alpha value is -2.14. The van der Waals surface area contributed by atoms with Gasteiger partial charge >= 0.3 is 0 Å². The predicted molar refractivity (Wildman–Crippen MR) is 88.5 cm³/mol. The number of nitrogens with zero attached hydrogens (tertiary/aromatic N) is 2. The fourth-order valence-electron chi connectivity index (χ4n) is 3.47. The number of fused-ring (bicyclic) bond motifs is 1. The zero-order chi connectivity index (χ0) is 16.5. The van der Waals surface area contributed by atoms with E-state index >= 15 is 0 Å². The molecule has 1 atom stereocenters. The first-order valence-corrected chi connectivity index (χ1v) is 8.69. The third-order valence-electron chi connectivity index (χ3n) is 5.19. The monoisotopic (exact) mass is 326 g/mol. The molecule has 2 heterocycles. The van der Waals surface area contributed by atoms with Crippen molar-refractivity contribution in [2.75, 3.05) is 13.2 Å². The van der Waals surface area contributed by atoms with Crippen LogP contribution < -0.4 is 0 Å². The standard InChI is InChI=1S/C19H22N2O3/c22-12-15(13-5-2-1-3-6-13)19(23)21-10-9-17-16(11-21)20-18(24-17)14-7-4-8-14/h1-3,5-6,14-15,22H,4,7-12H2. The molecule has 2 aliphatic rings. The van der Waals surface area contributed by atoms with Crippen LogP contribution in [0.3, 0.4) is 0 Å². The van der Waals surface area contributed by atoms with Crippen molar-refractivity contribution in [3.05, 3.63) is 53.2 Å². The summed E-state index contributed by atoms with van der Waals surface area (Å²) < 4.78 is 5.91. The van der Waals surface area contributed by atoms with Gasteiger partial charge in [-0.2, -0.15) is 0 Å². The number of aromatic nitrogens is 1. The number of oxazole rings is 1. The van der Waals surface area contributed by atoms with Crippen LogP contribution in [0.2, 0.25) is 0 Å². The van der Waals surface area contributed by atoms with Gasteiger partial charge in [0.1, 0.15) is 11.5 Å². The number of carbonyl (C=O) groups excluding carboxylic acids is 1. The van der Waals surface area contributed by atoms with E-state index in [9.17, 15) is 9.90 Å². The van der Waals surface area contributed by atoms with Gasteiger partial charge in [0.05, 0.1) is 19.1 Å². The number of benzene rings is 1.